The summed E-state index contributed by atoms with van der Waals surface area (Å²) in [5.74, 6) is -1.33. The molecule has 8 nitrogen and oxygen atoms in total. The molecule has 0 amide bonds. The molecule has 2 aromatic rings. The van der Waals surface area contributed by atoms with Crippen molar-refractivity contribution in [3.05, 3.63) is 48.5 Å². The van der Waals surface area contributed by atoms with E-state index in [-0.39, 0.29) is 30.2 Å². The highest BCUT2D eigenvalue weighted by atomic mass is 16.3. The number of rotatable bonds is 4. The van der Waals surface area contributed by atoms with Crippen molar-refractivity contribution in [2.75, 3.05) is 36.0 Å². The van der Waals surface area contributed by atoms with E-state index in [1.54, 1.807) is 6.92 Å². The number of hydrogen-bond donors (Lipinski definition) is 2. The van der Waals surface area contributed by atoms with Crippen LogP contribution in [0.2, 0.25) is 0 Å². The van der Waals surface area contributed by atoms with Gasteiger partial charge in [0.25, 0.3) is 0 Å². The summed E-state index contributed by atoms with van der Waals surface area (Å²) in [5, 5.41) is 19.5. The number of carbonyl (C=O) groups excluding carboxylic acids is 2. The molecule has 2 unspecified atom stereocenters. The summed E-state index contributed by atoms with van der Waals surface area (Å²) in [6, 6.07) is 15.2. The van der Waals surface area contributed by atoms with Crippen LogP contribution in [0.3, 0.4) is 0 Å². The van der Waals surface area contributed by atoms with Gasteiger partial charge in [-0.2, -0.15) is 0 Å². The zero-order valence-electron chi connectivity index (χ0n) is 19.8. The Morgan fingerprint density at radius 2 is 1.11 bits per heavy atom. The first kappa shape index (κ1) is 23.4. The fraction of sp³-hybridized carbons (Fsp3) is 0.407. The van der Waals surface area contributed by atoms with E-state index < -0.39 is 5.92 Å². The summed E-state index contributed by atoms with van der Waals surface area (Å²) >= 11 is 0. The largest absolute Gasteiger partial charge is 0.391 e. The minimum atomic E-state index is -0.808. The molecule has 2 atom stereocenters. The average molecular weight is 475 g/mol. The van der Waals surface area contributed by atoms with Crippen molar-refractivity contribution >= 4 is 45.7 Å². The number of β-amino-alcohol motifs (C(OH)–C–C–N with tert-alkyl or cyclic N) is 2. The molecule has 3 fully saturated rings. The van der Waals surface area contributed by atoms with Crippen LogP contribution in [-0.2, 0) is 9.59 Å². The Morgan fingerprint density at radius 1 is 0.714 bits per heavy atom. The fourth-order valence-corrected chi connectivity index (χ4v) is 4.88. The normalized spacial score (nSPS) is 27.5. The number of anilines is 2. The molecule has 0 aromatic heterocycles. The average Bonchev–Trinajstić information content (AvgIpc) is 3.50. The number of ketones is 2. The van der Waals surface area contributed by atoms with Gasteiger partial charge in [-0.15, -0.1) is 0 Å². The number of benzene rings is 2. The molecule has 1 saturated carbocycles. The number of Topliss-reactive ketones (excluding diaryl/α,β-unsaturated/α-hetero) is 2. The summed E-state index contributed by atoms with van der Waals surface area (Å²) in [7, 11) is 0. The van der Waals surface area contributed by atoms with Gasteiger partial charge in [-0.3, -0.25) is 9.59 Å². The Balaban J connectivity index is 1.33. The second-order valence-corrected chi connectivity index (χ2v) is 9.55. The van der Waals surface area contributed by atoms with Crippen molar-refractivity contribution in [2.45, 2.75) is 38.4 Å². The molecule has 1 aliphatic carbocycles. The maximum atomic E-state index is 12.8. The summed E-state index contributed by atoms with van der Waals surface area (Å²) in [6.07, 6.45) is 1.03. The van der Waals surface area contributed by atoms with E-state index in [0.29, 0.717) is 35.9 Å². The maximum Gasteiger partial charge on any atom is 0.188 e. The van der Waals surface area contributed by atoms with Crippen molar-refractivity contribution in [3.63, 3.8) is 0 Å². The third-order valence-corrected chi connectivity index (χ3v) is 6.97. The molecule has 2 saturated heterocycles. The predicted molar refractivity (Wildman–Crippen MR) is 137 cm³/mol. The Morgan fingerprint density at radius 3 is 1.46 bits per heavy atom. The lowest BCUT2D eigenvalue weighted by molar-refractivity contribution is -0.125. The lowest BCUT2D eigenvalue weighted by Gasteiger charge is -2.20. The van der Waals surface area contributed by atoms with Gasteiger partial charge >= 0.3 is 0 Å². The zero-order chi connectivity index (χ0) is 24.5. The van der Waals surface area contributed by atoms with Gasteiger partial charge < -0.3 is 20.0 Å². The van der Waals surface area contributed by atoms with Crippen molar-refractivity contribution < 1.29 is 19.8 Å². The van der Waals surface area contributed by atoms with Crippen LogP contribution in [0, 0.1) is 5.92 Å². The quantitative estimate of drug-likeness (QED) is 0.660. The van der Waals surface area contributed by atoms with E-state index in [4.69, 9.17) is 0 Å². The Labute approximate surface area is 204 Å². The standard InChI is InChI=1S/C27H30N4O4/c1-17-26(34)24(28-18-2-6-20(7-3-18)30-12-10-22(32)15-30)14-25(27(17)35)29-19-4-8-21(9-5-19)31-13-11-23(33)16-31/h2-9,17,22-23,32-33H,10-16H2,1H3. The molecule has 2 aromatic carbocycles. The monoisotopic (exact) mass is 474 g/mol. The van der Waals surface area contributed by atoms with E-state index in [1.807, 2.05) is 48.5 Å². The molecular formula is C27H30N4O4. The summed E-state index contributed by atoms with van der Waals surface area (Å²) in [5.41, 5.74) is 3.99. The van der Waals surface area contributed by atoms with Gasteiger partial charge in [0.2, 0.25) is 0 Å². The lowest BCUT2D eigenvalue weighted by atomic mass is 9.85. The highest BCUT2D eigenvalue weighted by Gasteiger charge is 2.36. The fourth-order valence-electron chi connectivity index (χ4n) is 4.88. The van der Waals surface area contributed by atoms with Gasteiger partial charge in [0, 0.05) is 44.0 Å². The molecule has 5 rings (SSSR count). The van der Waals surface area contributed by atoms with Crippen LogP contribution >= 0.6 is 0 Å². The smallest absolute Gasteiger partial charge is 0.188 e. The first-order valence-electron chi connectivity index (χ1n) is 12.2. The molecule has 2 N–H and O–H groups in total. The Kier molecular flexibility index (Phi) is 6.49. The molecule has 8 heteroatoms. The summed E-state index contributed by atoms with van der Waals surface area (Å²) in [6.45, 7) is 4.47. The molecule has 2 heterocycles. The lowest BCUT2D eigenvalue weighted by Crippen LogP contribution is -2.40. The van der Waals surface area contributed by atoms with Gasteiger partial charge in [0.05, 0.1) is 40.9 Å². The minimum absolute atomic E-state index is 0.0993. The second-order valence-electron chi connectivity index (χ2n) is 9.55. The van der Waals surface area contributed by atoms with Crippen LogP contribution in [0.4, 0.5) is 22.7 Å². The van der Waals surface area contributed by atoms with Crippen LogP contribution in [0.5, 0.6) is 0 Å². The number of aliphatic hydroxyl groups excluding tert-OH is 2. The highest BCUT2D eigenvalue weighted by molar-refractivity contribution is 6.62. The number of aliphatic hydroxyl groups is 2. The van der Waals surface area contributed by atoms with E-state index in [2.05, 4.69) is 19.8 Å². The molecule has 0 bridgehead atoms. The minimum Gasteiger partial charge on any atom is -0.391 e. The van der Waals surface area contributed by atoms with Gasteiger partial charge in [-0.25, -0.2) is 9.98 Å². The number of aliphatic imine (C=N–C) groups is 2. The molecule has 0 spiro atoms. The second kappa shape index (κ2) is 9.71. The van der Waals surface area contributed by atoms with E-state index in [0.717, 1.165) is 37.3 Å². The first-order chi connectivity index (χ1) is 16.9. The van der Waals surface area contributed by atoms with Gasteiger partial charge in [0.15, 0.2) is 11.6 Å². The van der Waals surface area contributed by atoms with Crippen molar-refractivity contribution in [2.24, 2.45) is 15.9 Å². The summed E-state index contributed by atoms with van der Waals surface area (Å²) < 4.78 is 0. The van der Waals surface area contributed by atoms with Crippen molar-refractivity contribution in [3.8, 4) is 0 Å². The van der Waals surface area contributed by atoms with Crippen LogP contribution in [0.15, 0.2) is 58.5 Å². The Hall–Kier alpha value is -3.36. The highest BCUT2D eigenvalue weighted by Crippen LogP contribution is 2.27. The van der Waals surface area contributed by atoms with Gasteiger partial charge in [-0.1, -0.05) is 0 Å². The topological polar surface area (TPSA) is 106 Å². The molecule has 2 aliphatic heterocycles. The van der Waals surface area contributed by atoms with Crippen LogP contribution in [0.1, 0.15) is 26.2 Å². The number of carbonyl (C=O) groups is 2. The van der Waals surface area contributed by atoms with Crippen LogP contribution < -0.4 is 9.80 Å². The summed E-state index contributed by atoms with van der Waals surface area (Å²) in [4.78, 5) is 39.0. The molecular weight excluding hydrogens is 444 g/mol. The van der Waals surface area contributed by atoms with Crippen LogP contribution in [-0.4, -0.2) is 71.6 Å². The third-order valence-electron chi connectivity index (χ3n) is 6.97. The zero-order valence-corrected chi connectivity index (χ0v) is 19.8. The molecule has 35 heavy (non-hydrogen) atoms. The van der Waals surface area contributed by atoms with Gasteiger partial charge in [-0.05, 0) is 68.3 Å². The predicted octanol–water partition coefficient (Wildman–Crippen LogP) is 2.85. The number of nitrogens with zero attached hydrogens (tertiary/aromatic N) is 4. The molecule has 3 aliphatic rings. The first-order valence-corrected chi connectivity index (χ1v) is 12.2. The van der Waals surface area contributed by atoms with E-state index >= 15 is 0 Å². The molecule has 0 radical (unpaired) electrons. The van der Waals surface area contributed by atoms with Gasteiger partial charge in [0.1, 0.15) is 0 Å². The third kappa shape index (κ3) is 5.04. The Bertz CT molecular complexity index is 1080. The van der Waals surface area contributed by atoms with E-state index in [1.165, 1.54) is 0 Å². The number of hydrogen-bond acceptors (Lipinski definition) is 8. The van der Waals surface area contributed by atoms with Crippen molar-refractivity contribution in [1.29, 1.82) is 0 Å². The van der Waals surface area contributed by atoms with Crippen LogP contribution in [0.25, 0.3) is 0 Å². The van der Waals surface area contributed by atoms with E-state index in [9.17, 15) is 19.8 Å². The molecule has 182 valence electrons. The SMILES string of the molecule is CC1C(=O)C(=Nc2ccc(N3CCC(O)C3)cc2)CC(=Nc2ccc(N3CCC(O)C3)cc2)C1=O. The van der Waals surface area contributed by atoms with Crippen molar-refractivity contribution in [1.82, 2.24) is 0 Å². The maximum absolute atomic E-state index is 12.8.